The molecule has 3 aromatic carbocycles. The number of phenols is 1. The number of dihydropyridines is 1. The lowest BCUT2D eigenvalue weighted by Crippen LogP contribution is -2.42. The molecule has 10 rings (SSSR count). The summed E-state index contributed by atoms with van der Waals surface area (Å²) in [6.07, 6.45) is 17.3. The lowest BCUT2D eigenvalue weighted by atomic mass is 9.61. The summed E-state index contributed by atoms with van der Waals surface area (Å²) in [5.41, 5.74) is 15.4. The van der Waals surface area contributed by atoms with E-state index in [2.05, 4.69) is 108 Å². The number of ether oxygens (including phenoxy) is 1. The second kappa shape index (κ2) is 25.9. The number of phenolic OH excluding ortho intramolecular Hbond substituents is 1. The maximum Gasteiger partial charge on any atom is 0.161 e. The second-order valence-electron chi connectivity index (χ2n) is 23.9. The molecular formula is C66H85N3O7S2. The van der Waals surface area contributed by atoms with E-state index in [-0.39, 0.29) is 53.8 Å². The molecule has 12 unspecified atom stereocenters. The van der Waals surface area contributed by atoms with Crippen LogP contribution in [0.2, 0.25) is 0 Å². The van der Waals surface area contributed by atoms with Crippen LogP contribution in [0.4, 0.5) is 0 Å². The van der Waals surface area contributed by atoms with Crippen molar-refractivity contribution in [3.05, 3.63) is 154 Å². The van der Waals surface area contributed by atoms with Crippen LogP contribution in [0.25, 0.3) is 0 Å². The summed E-state index contributed by atoms with van der Waals surface area (Å²) < 4.78 is 6.99. The SMILES string of the molecule is CCC1Cc2cc(O)c(OC3CC(Cc4ccc[nH]4)C4=CCNC(N)=C4CSSCC(CO)C3O)cc2C2CC(O)C3C(C#CC(CCO)(CC(CC4(c5ccccc5)CCCCC4)c4ccccc4)CCCCC3O)C=C12. The Morgan fingerprint density at radius 3 is 2.38 bits per heavy atom. The van der Waals surface area contributed by atoms with Crippen LogP contribution in [0, 0.1) is 46.8 Å². The van der Waals surface area contributed by atoms with Gasteiger partial charge in [0.25, 0.3) is 0 Å². The van der Waals surface area contributed by atoms with Crippen LogP contribution in [0.5, 0.6) is 11.5 Å². The van der Waals surface area contributed by atoms with Gasteiger partial charge in [0.2, 0.25) is 0 Å². The quantitative estimate of drug-likeness (QED) is 0.0333. The third kappa shape index (κ3) is 12.6. The van der Waals surface area contributed by atoms with Gasteiger partial charge in [-0.1, -0.05) is 151 Å². The molecule has 2 fully saturated rings. The summed E-state index contributed by atoms with van der Waals surface area (Å²) in [5, 5.41) is 74.4. The molecule has 0 radical (unpaired) electrons. The first kappa shape index (κ1) is 56.7. The van der Waals surface area contributed by atoms with Crippen LogP contribution in [-0.2, 0) is 18.3 Å². The summed E-state index contributed by atoms with van der Waals surface area (Å²) in [6.45, 7) is 2.59. The highest BCUT2D eigenvalue weighted by molar-refractivity contribution is 8.76. The standard InChI is InChI=1S/C66H85N3O7S2/c1-2-43-31-46-34-58(73)60(76-61-35-47(32-51-19-14-28-68-51)52-22-29-69-64(67)56(52)42-78-77-41-49(40-71)63(61)75)37-54(46)55-36-59(74)62-45(33-53(43)55)21-26-65(27-30-70,23-13-10-20-57(62)72)38-48(44-15-6-3-7-16-44)39-66(24-11-5-12-25-66)50-17-8-4-9-18-50/h3-4,6-9,14-19,22,28,33-34,37,43,45,47-49,55,57,59,61-63,68-75H,2,5,10-13,20,23-25,27,29-32,35-36,38-42,67H2,1H3. The molecule has 0 bridgehead atoms. The molecule has 1 saturated carbocycles. The second-order valence-corrected chi connectivity index (χ2v) is 26.4. The zero-order chi connectivity index (χ0) is 54.2. The minimum Gasteiger partial charge on any atom is -0.504 e. The summed E-state index contributed by atoms with van der Waals surface area (Å²) in [6, 6.07) is 30.0. The molecule has 4 aliphatic carbocycles. The van der Waals surface area contributed by atoms with Crippen molar-refractivity contribution >= 4 is 21.6 Å². The third-order valence-corrected chi connectivity index (χ3v) is 21.5. The van der Waals surface area contributed by atoms with Gasteiger partial charge in [0.15, 0.2) is 11.5 Å². The maximum absolute atomic E-state index is 12.7. The Bertz CT molecular complexity index is 2770. The highest BCUT2D eigenvalue weighted by Gasteiger charge is 2.45. The molecule has 12 atom stereocenters. The van der Waals surface area contributed by atoms with Crippen LogP contribution >= 0.6 is 21.6 Å². The first-order valence-corrected chi connectivity index (χ1v) is 31.9. The van der Waals surface area contributed by atoms with Crippen molar-refractivity contribution in [1.82, 2.24) is 10.3 Å². The van der Waals surface area contributed by atoms with Crippen LogP contribution in [-0.4, -0.2) is 91.3 Å². The number of nitrogens with one attached hydrogen (secondary N) is 2. The number of hydrogen-bond acceptors (Lipinski definition) is 11. The van der Waals surface area contributed by atoms with Gasteiger partial charge >= 0.3 is 0 Å². The number of benzene rings is 3. The maximum atomic E-state index is 12.7. The van der Waals surface area contributed by atoms with Gasteiger partial charge in [-0.25, -0.2) is 0 Å². The highest BCUT2D eigenvalue weighted by atomic mass is 33.1. The Balaban J connectivity index is 1.01. The number of aromatic nitrogens is 1. The third-order valence-electron chi connectivity index (χ3n) is 19.1. The van der Waals surface area contributed by atoms with Crippen molar-refractivity contribution in [2.24, 2.45) is 40.7 Å². The van der Waals surface area contributed by atoms with Crippen molar-refractivity contribution < 1.29 is 35.4 Å². The smallest absolute Gasteiger partial charge is 0.161 e. The Morgan fingerprint density at radius 2 is 1.64 bits per heavy atom. The average Bonchev–Trinajstić information content (AvgIpc) is 4.03. The van der Waals surface area contributed by atoms with Gasteiger partial charge in [-0.2, -0.15) is 0 Å². The monoisotopic (exact) mass is 1100 g/mol. The van der Waals surface area contributed by atoms with Crippen molar-refractivity contribution in [2.75, 3.05) is 31.3 Å². The minimum atomic E-state index is -1.06. The van der Waals surface area contributed by atoms with Gasteiger partial charge in [0, 0.05) is 77.8 Å². The Labute approximate surface area is 471 Å². The molecule has 2 aliphatic heterocycles. The fourth-order valence-corrected chi connectivity index (χ4v) is 17.5. The van der Waals surface area contributed by atoms with E-state index in [4.69, 9.17) is 10.5 Å². The van der Waals surface area contributed by atoms with Gasteiger partial charge in [-0.15, -0.1) is 0 Å². The Hall–Kier alpha value is -4.58. The summed E-state index contributed by atoms with van der Waals surface area (Å²) >= 11 is 0. The molecule has 418 valence electrons. The van der Waals surface area contributed by atoms with E-state index < -0.39 is 47.6 Å². The first-order valence-electron chi connectivity index (χ1n) is 29.4. The molecule has 12 heteroatoms. The van der Waals surface area contributed by atoms with Gasteiger partial charge in [-0.3, -0.25) is 0 Å². The number of nitrogens with two attached hydrogens (primary N) is 1. The van der Waals surface area contributed by atoms with Gasteiger partial charge in [0.05, 0.1) is 18.3 Å². The summed E-state index contributed by atoms with van der Waals surface area (Å²) in [5.74, 6) is 8.39. The highest BCUT2D eigenvalue weighted by Crippen LogP contribution is 2.53. The number of rotatable bonds is 14. The molecule has 3 heterocycles. The van der Waals surface area contributed by atoms with Crippen molar-refractivity contribution in [1.29, 1.82) is 0 Å². The van der Waals surface area contributed by atoms with Gasteiger partial charge < -0.3 is 51.4 Å². The number of allylic oxidation sites excluding steroid dienone is 3. The van der Waals surface area contributed by atoms with E-state index in [1.54, 1.807) is 21.6 Å². The van der Waals surface area contributed by atoms with Gasteiger partial charge in [0.1, 0.15) is 11.9 Å². The van der Waals surface area contributed by atoms with E-state index in [1.807, 2.05) is 24.4 Å². The molecule has 6 aliphatic rings. The molecular weight excluding hydrogens is 1010 g/mol. The minimum absolute atomic E-state index is 0.00772. The summed E-state index contributed by atoms with van der Waals surface area (Å²) in [7, 11) is 3.27. The number of aromatic amines is 1. The van der Waals surface area contributed by atoms with E-state index in [0.717, 1.165) is 79.3 Å². The molecule has 0 amide bonds. The molecule has 4 aromatic rings. The fourth-order valence-electron chi connectivity index (χ4n) is 14.9. The lowest BCUT2D eigenvalue weighted by Gasteiger charge is -2.43. The number of H-pyrrole nitrogens is 1. The van der Waals surface area contributed by atoms with Crippen LogP contribution in [0.3, 0.4) is 0 Å². The van der Waals surface area contributed by atoms with Gasteiger partial charge in [-0.05, 0) is 152 Å². The van der Waals surface area contributed by atoms with Crippen LogP contribution < -0.4 is 15.8 Å². The van der Waals surface area contributed by atoms with Crippen molar-refractivity contribution in [2.45, 2.75) is 158 Å². The Morgan fingerprint density at radius 1 is 0.859 bits per heavy atom. The number of aliphatic hydroxyl groups is 5. The zero-order valence-corrected chi connectivity index (χ0v) is 47.3. The largest absolute Gasteiger partial charge is 0.504 e. The number of aliphatic hydroxyl groups excluding tert-OH is 5. The molecule has 1 aromatic heterocycles. The first-order chi connectivity index (χ1) is 38.0. The predicted molar refractivity (Wildman–Crippen MR) is 316 cm³/mol. The zero-order valence-electron chi connectivity index (χ0n) is 45.7. The number of hydrogen-bond donors (Lipinski definition) is 9. The van der Waals surface area contributed by atoms with Crippen molar-refractivity contribution in [3.8, 4) is 23.3 Å². The molecule has 1 saturated heterocycles. The fraction of sp³-hybridized carbons (Fsp3) is 0.545. The normalized spacial score (nSPS) is 30.8. The molecule has 10 N–H and O–H groups in total. The molecule has 0 spiro atoms. The van der Waals surface area contributed by atoms with Crippen LogP contribution in [0.1, 0.15) is 143 Å². The Kier molecular flexibility index (Phi) is 18.8. The number of aromatic hydroxyl groups is 1. The number of fused-ring (bicyclic) bond motifs is 5. The topological polar surface area (TPSA) is 184 Å². The van der Waals surface area contributed by atoms with E-state index in [1.165, 1.54) is 36.0 Å². The van der Waals surface area contributed by atoms with E-state index in [9.17, 15) is 30.6 Å². The lowest BCUT2D eigenvalue weighted by molar-refractivity contribution is -0.0214. The molecule has 78 heavy (non-hydrogen) atoms. The molecule has 10 nitrogen and oxygen atoms in total. The predicted octanol–water partition coefficient (Wildman–Crippen LogP) is 11.1. The summed E-state index contributed by atoms with van der Waals surface area (Å²) in [4.78, 5) is 3.38. The van der Waals surface area contributed by atoms with Crippen LogP contribution in [0.15, 0.2) is 126 Å². The average molecular weight is 1100 g/mol. The van der Waals surface area contributed by atoms with Crippen molar-refractivity contribution in [3.63, 3.8) is 0 Å². The van der Waals surface area contributed by atoms with E-state index >= 15 is 0 Å². The van der Waals surface area contributed by atoms with E-state index in [0.29, 0.717) is 62.4 Å².